The van der Waals surface area contributed by atoms with Gasteiger partial charge in [0.15, 0.2) is 0 Å². The highest BCUT2D eigenvalue weighted by atomic mass is 35.5. The van der Waals surface area contributed by atoms with Gasteiger partial charge in [-0.1, -0.05) is 78.9 Å². The van der Waals surface area contributed by atoms with E-state index in [-0.39, 0.29) is 41.2 Å². The predicted molar refractivity (Wildman–Crippen MR) is 136 cm³/mol. The van der Waals surface area contributed by atoms with Gasteiger partial charge in [-0.25, -0.2) is 0 Å². The zero-order valence-electron chi connectivity index (χ0n) is 16.6. The lowest BCUT2D eigenvalue weighted by atomic mass is 9.73. The van der Waals surface area contributed by atoms with Crippen LogP contribution in [0.4, 0.5) is 0 Å². The summed E-state index contributed by atoms with van der Waals surface area (Å²) in [5.74, 6) is 0. The van der Waals surface area contributed by atoms with Crippen LogP contribution in [0.1, 0.15) is 54.2 Å². The molecular weight excluding hydrogens is 505 g/mol. The minimum absolute atomic E-state index is 0. The van der Waals surface area contributed by atoms with Crippen LogP contribution >= 0.6 is 71.2 Å². The van der Waals surface area contributed by atoms with Crippen molar-refractivity contribution in [2.45, 2.75) is 43.1 Å². The van der Waals surface area contributed by atoms with E-state index in [4.69, 9.17) is 46.4 Å². The Morgan fingerprint density at radius 2 is 1.10 bits per heavy atom. The van der Waals surface area contributed by atoms with E-state index in [1.807, 2.05) is 48.5 Å². The van der Waals surface area contributed by atoms with E-state index in [0.717, 1.165) is 37.1 Å². The van der Waals surface area contributed by atoms with Crippen LogP contribution < -0.4 is 10.6 Å². The molecule has 30 heavy (non-hydrogen) atoms. The lowest BCUT2D eigenvalue weighted by Crippen LogP contribution is -2.44. The van der Waals surface area contributed by atoms with E-state index in [2.05, 4.69) is 10.6 Å². The number of benzene rings is 2. The third-order valence-corrected chi connectivity index (χ3v) is 7.05. The average molecular weight is 533 g/mol. The normalized spacial score (nSPS) is 17.3. The number of halogens is 6. The number of hydrogen-bond acceptors (Lipinski definition) is 2. The van der Waals surface area contributed by atoms with Gasteiger partial charge in [0.2, 0.25) is 0 Å². The van der Waals surface area contributed by atoms with Gasteiger partial charge in [-0.05, 0) is 30.4 Å². The van der Waals surface area contributed by atoms with Crippen LogP contribution in [-0.4, -0.2) is 13.1 Å². The summed E-state index contributed by atoms with van der Waals surface area (Å²) in [6, 6.07) is 15.4. The first-order chi connectivity index (χ1) is 13.5. The first kappa shape index (κ1) is 28.1. The first-order valence-corrected chi connectivity index (χ1v) is 11.4. The highest BCUT2D eigenvalue weighted by molar-refractivity contribution is 6.33. The molecule has 3 rings (SSSR count). The van der Waals surface area contributed by atoms with E-state index in [9.17, 15) is 0 Å². The Morgan fingerprint density at radius 3 is 1.50 bits per heavy atom. The molecule has 0 spiro atoms. The second-order valence-electron chi connectivity index (χ2n) is 7.59. The van der Waals surface area contributed by atoms with Crippen molar-refractivity contribution < 1.29 is 0 Å². The SMILES string of the molecule is Cl.Cl.Clc1ccccc1C(Cl)NCC1(CNC(Cl)c2ccccc2Cl)CCCCC1. The van der Waals surface area contributed by atoms with E-state index in [1.54, 1.807) is 0 Å². The zero-order valence-corrected chi connectivity index (χ0v) is 21.2. The molecule has 1 fully saturated rings. The summed E-state index contributed by atoms with van der Waals surface area (Å²) < 4.78 is 0. The van der Waals surface area contributed by atoms with E-state index in [0.29, 0.717) is 10.0 Å². The topological polar surface area (TPSA) is 24.1 Å². The van der Waals surface area contributed by atoms with Crippen LogP contribution in [0.15, 0.2) is 48.5 Å². The summed E-state index contributed by atoms with van der Waals surface area (Å²) in [6.45, 7) is 1.62. The van der Waals surface area contributed by atoms with Gasteiger partial charge in [-0.15, -0.1) is 48.0 Å². The van der Waals surface area contributed by atoms with Crippen molar-refractivity contribution in [2.75, 3.05) is 13.1 Å². The monoisotopic (exact) mass is 530 g/mol. The molecule has 0 aromatic heterocycles. The third kappa shape index (κ3) is 7.60. The molecule has 2 aromatic carbocycles. The van der Waals surface area contributed by atoms with Crippen molar-refractivity contribution in [1.82, 2.24) is 10.6 Å². The van der Waals surface area contributed by atoms with Crippen LogP contribution in [0.5, 0.6) is 0 Å². The first-order valence-electron chi connectivity index (χ1n) is 9.75. The van der Waals surface area contributed by atoms with Crippen LogP contribution in [0.3, 0.4) is 0 Å². The molecule has 2 nitrogen and oxygen atoms in total. The summed E-state index contributed by atoms with van der Waals surface area (Å²) in [6.07, 6.45) is 6.02. The lowest BCUT2D eigenvalue weighted by Gasteiger charge is -2.39. The molecule has 2 N–H and O–H groups in total. The Hall–Kier alpha value is 0.1000. The van der Waals surface area contributed by atoms with E-state index >= 15 is 0 Å². The summed E-state index contributed by atoms with van der Waals surface area (Å²) in [4.78, 5) is 0. The van der Waals surface area contributed by atoms with Crippen molar-refractivity contribution in [1.29, 1.82) is 0 Å². The second kappa shape index (κ2) is 13.6. The molecule has 0 bridgehead atoms. The van der Waals surface area contributed by atoms with Crippen molar-refractivity contribution >= 4 is 71.2 Å². The molecule has 1 aliphatic carbocycles. The van der Waals surface area contributed by atoms with Gasteiger partial charge in [0.25, 0.3) is 0 Å². The zero-order chi connectivity index (χ0) is 20.0. The number of rotatable bonds is 8. The standard InChI is InChI=1S/C22H26Cl4N2.2ClH/c23-18-10-4-2-8-16(18)20(25)27-14-22(12-6-1-7-13-22)15-28-21(26)17-9-3-5-11-19(17)24;;/h2-5,8-11,20-21,27-28H,1,6-7,12-15H2;2*1H. The molecule has 0 radical (unpaired) electrons. The van der Waals surface area contributed by atoms with Crippen molar-refractivity contribution in [2.24, 2.45) is 5.41 Å². The van der Waals surface area contributed by atoms with Gasteiger partial charge in [-0.3, -0.25) is 10.6 Å². The summed E-state index contributed by atoms with van der Waals surface area (Å²) in [7, 11) is 0. The molecule has 1 saturated carbocycles. The maximum absolute atomic E-state index is 6.61. The molecule has 2 unspecified atom stereocenters. The minimum atomic E-state index is -0.317. The summed E-state index contributed by atoms with van der Waals surface area (Å²) >= 11 is 25.8. The Balaban J connectivity index is 0.00000225. The quantitative estimate of drug-likeness (QED) is 0.265. The summed E-state index contributed by atoms with van der Waals surface area (Å²) in [5.41, 5.74) is 1.30. The molecule has 0 amide bonds. The minimum Gasteiger partial charge on any atom is -0.297 e. The molecular formula is C22H28Cl6N2. The van der Waals surface area contributed by atoms with Gasteiger partial charge in [0, 0.05) is 34.3 Å². The molecule has 1 aliphatic rings. The highest BCUT2D eigenvalue weighted by Crippen LogP contribution is 2.37. The molecule has 0 aliphatic heterocycles. The van der Waals surface area contributed by atoms with Crippen LogP contribution in [0, 0.1) is 5.41 Å². The smallest absolute Gasteiger partial charge is 0.110 e. The van der Waals surface area contributed by atoms with Gasteiger partial charge in [-0.2, -0.15) is 0 Å². The lowest BCUT2D eigenvalue weighted by molar-refractivity contribution is 0.173. The van der Waals surface area contributed by atoms with Gasteiger partial charge < -0.3 is 0 Å². The van der Waals surface area contributed by atoms with E-state index in [1.165, 1.54) is 19.3 Å². The van der Waals surface area contributed by atoms with Gasteiger partial charge >= 0.3 is 0 Å². The fraction of sp³-hybridized carbons (Fsp3) is 0.455. The van der Waals surface area contributed by atoms with Crippen molar-refractivity contribution in [3.8, 4) is 0 Å². The van der Waals surface area contributed by atoms with Crippen LogP contribution in [0.25, 0.3) is 0 Å². The number of alkyl halides is 2. The average Bonchev–Trinajstić information content (AvgIpc) is 2.72. The maximum Gasteiger partial charge on any atom is 0.110 e. The van der Waals surface area contributed by atoms with Crippen molar-refractivity contribution in [3.05, 3.63) is 69.7 Å². The summed E-state index contributed by atoms with van der Waals surface area (Å²) in [5, 5.41) is 8.37. The van der Waals surface area contributed by atoms with Crippen LogP contribution in [0.2, 0.25) is 10.0 Å². The molecule has 2 atom stereocenters. The Morgan fingerprint density at radius 1 is 0.700 bits per heavy atom. The van der Waals surface area contributed by atoms with Crippen molar-refractivity contribution in [3.63, 3.8) is 0 Å². The maximum atomic E-state index is 6.61. The largest absolute Gasteiger partial charge is 0.297 e. The fourth-order valence-electron chi connectivity index (χ4n) is 3.91. The highest BCUT2D eigenvalue weighted by Gasteiger charge is 2.33. The molecule has 0 heterocycles. The molecule has 168 valence electrons. The molecule has 2 aromatic rings. The Bertz CT molecular complexity index is 709. The third-order valence-electron chi connectivity index (χ3n) is 5.58. The Labute approximate surface area is 212 Å². The van der Waals surface area contributed by atoms with E-state index < -0.39 is 0 Å². The number of nitrogens with one attached hydrogen (secondary N) is 2. The Kier molecular flexibility index (Phi) is 12.8. The van der Waals surface area contributed by atoms with Gasteiger partial charge in [0.05, 0.1) is 0 Å². The fourth-order valence-corrected chi connectivity index (χ4v) is 5.05. The van der Waals surface area contributed by atoms with Gasteiger partial charge in [0.1, 0.15) is 11.0 Å². The molecule has 0 saturated heterocycles. The molecule has 8 heteroatoms. The second-order valence-corrected chi connectivity index (χ2v) is 9.28. The predicted octanol–water partition coefficient (Wildman–Crippen LogP) is 8.14. The number of hydrogen-bond donors (Lipinski definition) is 2. The van der Waals surface area contributed by atoms with Crippen LogP contribution in [-0.2, 0) is 0 Å².